The number of amides is 1. The van der Waals surface area contributed by atoms with Gasteiger partial charge < -0.3 is 10.7 Å². The Morgan fingerprint density at radius 1 is 1.26 bits per heavy atom. The molecule has 0 radical (unpaired) electrons. The number of nitrogens with zero attached hydrogens (tertiary/aromatic N) is 2. The number of hydrogen-bond donors (Lipinski definition) is 4. The quantitative estimate of drug-likeness (QED) is 0.219. The highest BCUT2D eigenvalue weighted by Crippen LogP contribution is 2.40. The Morgan fingerprint density at radius 3 is 2.67 bits per heavy atom. The monoisotopic (exact) mass is 405 g/mol. The molecule has 6 N–H and O–H groups in total. The number of hydrazine groups is 1. The zero-order valence-electron chi connectivity index (χ0n) is 14.7. The number of carbonyl (C=O) groups excluding carboxylic acids is 1. The molecule has 0 atom stereocenters. The van der Waals surface area contributed by atoms with Crippen molar-refractivity contribution in [2.24, 2.45) is 11.6 Å². The number of nitrogens with two attached hydrogens (primary N) is 2. The number of rotatable bonds is 9. The van der Waals surface area contributed by atoms with Gasteiger partial charge >= 0.3 is 0 Å². The highest BCUT2D eigenvalue weighted by molar-refractivity contribution is 7.99. The van der Waals surface area contributed by atoms with Crippen LogP contribution < -0.4 is 17.1 Å². The lowest BCUT2D eigenvalue weighted by atomic mass is 10.2. The summed E-state index contributed by atoms with van der Waals surface area (Å²) in [5.74, 6) is 5.13. The van der Waals surface area contributed by atoms with Gasteiger partial charge in [-0.1, -0.05) is 30.3 Å². The molecule has 1 aromatic heterocycles. The van der Waals surface area contributed by atoms with Crippen LogP contribution in [0.15, 0.2) is 58.6 Å². The van der Waals surface area contributed by atoms with Crippen molar-refractivity contribution in [1.82, 2.24) is 14.8 Å². The minimum absolute atomic E-state index is 0.168. The van der Waals surface area contributed by atoms with E-state index >= 15 is 0 Å². The van der Waals surface area contributed by atoms with E-state index in [9.17, 15) is 4.79 Å². The Morgan fingerprint density at radius 2 is 2.00 bits per heavy atom. The second-order valence-electron chi connectivity index (χ2n) is 6.29. The molecule has 0 saturated heterocycles. The average molecular weight is 406 g/mol. The van der Waals surface area contributed by atoms with Crippen LogP contribution in [-0.4, -0.2) is 39.6 Å². The van der Waals surface area contributed by atoms with Crippen molar-refractivity contribution in [3.63, 3.8) is 0 Å². The number of nitrogens with one attached hydrogen (secondary N) is 1. The fourth-order valence-electron chi connectivity index (χ4n) is 2.52. The lowest BCUT2D eigenvalue weighted by molar-refractivity contribution is -0.129. The fraction of sp³-hybridized carbons (Fsp3) is 0.278. The van der Waals surface area contributed by atoms with Crippen molar-refractivity contribution < 1.29 is 10.0 Å². The zero-order valence-corrected chi connectivity index (χ0v) is 16.4. The summed E-state index contributed by atoms with van der Waals surface area (Å²) in [6.07, 6.45) is 3.82. The Hall–Kier alpha value is -2.04. The number of hydrogen-bond acceptors (Lipinski definition) is 8. The number of carbonyl (C=O) groups is 1. The molecule has 1 aliphatic rings. The topological polar surface area (TPSA) is 108 Å². The van der Waals surface area contributed by atoms with Crippen molar-refractivity contribution in [3.05, 3.63) is 54.4 Å². The van der Waals surface area contributed by atoms with Gasteiger partial charge in [-0.3, -0.25) is 10.0 Å². The second-order valence-corrected chi connectivity index (χ2v) is 8.73. The first kappa shape index (κ1) is 19.7. The smallest absolute Gasteiger partial charge is 0.264 e. The van der Waals surface area contributed by atoms with Crippen LogP contribution in [0.4, 0.5) is 0 Å². The van der Waals surface area contributed by atoms with Crippen molar-refractivity contribution in [3.8, 4) is 10.4 Å². The van der Waals surface area contributed by atoms with Crippen LogP contribution in [0.3, 0.4) is 0 Å². The first-order valence-corrected chi connectivity index (χ1v) is 10.1. The summed E-state index contributed by atoms with van der Waals surface area (Å²) in [6, 6.07) is 15.1. The summed E-state index contributed by atoms with van der Waals surface area (Å²) in [5, 5.41) is 9.71. The van der Waals surface area contributed by atoms with E-state index < -0.39 is 5.91 Å². The molecule has 1 aliphatic carbocycles. The predicted molar refractivity (Wildman–Crippen MR) is 108 cm³/mol. The van der Waals surface area contributed by atoms with Crippen LogP contribution in [0, 0.1) is 0 Å². The van der Waals surface area contributed by atoms with Crippen LogP contribution in [0.1, 0.15) is 12.8 Å². The lowest BCUT2D eigenvalue weighted by Gasteiger charge is -2.21. The van der Waals surface area contributed by atoms with E-state index in [4.69, 9.17) is 16.8 Å². The molecule has 7 nitrogen and oxygen atoms in total. The average Bonchev–Trinajstić information content (AvgIpc) is 3.40. The van der Waals surface area contributed by atoms with Gasteiger partial charge in [0.2, 0.25) is 0 Å². The summed E-state index contributed by atoms with van der Waals surface area (Å²) < 4.78 is 3.46. The molecule has 9 heteroatoms. The zero-order chi connectivity index (χ0) is 19.2. The molecule has 1 aromatic carbocycles. The minimum Gasteiger partial charge on any atom is -0.400 e. The summed E-state index contributed by atoms with van der Waals surface area (Å²) in [5.41, 5.74) is 9.42. The Kier molecular flexibility index (Phi) is 6.75. The maximum Gasteiger partial charge on any atom is 0.264 e. The van der Waals surface area contributed by atoms with Crippen molar-refractivity contribution in [1.29, 1.82) is 0 Å². The lowest BCUT2D eigenvalue weighted by Crippen LogP contribution is -2.38. The Balaban J connectivity index is 1.61. The largest absolute Gasteiger partial charge is 0.400 e. The molecule has 3 rings (SSSR count). The van der Waals surface area contributed by atoms with Gasteiger partial charge in [-0.05, 0) is 42.5 Å². The van der Waals surface area contributed by atoms with Gasteiger partial charge in [-0.2, -0.15) is 0 Å². The molecular formula is C18H23N5O2S2. The molecular weight excluding hydrogens is 382 g/mol. The molecule has 0 bridgehead atoms. The van der Waals surface area contributed by atoms with Gasteiger partial charge in [-0.15, -0.1) is 11.3 Å². The molecule has 1 fully saturated rings. The third kappa shape index (κ3) is 5.98. The van der Waals surface area contributed by atoms with Crippen molar-refractivity contribution in [2.45, 2.75) is 23.1 Å². The van der Waals surface area contributed by atoms with Crippen LogP contribution in [0.5, 0.6) is 0 Å². The van der Waals surface area contributed by atoms with Gasteiger partial charge in [-0.25, -0.2) is 15.6 Å². The van der Waals surface area contributed by atoms with Crippen LogP contribution in [-0.2, 0) is 4.79 Å². The summed E-state index contributed by atoms with van der Waals surface area (Å²) >= 11 is 3.46. The van der Waals surface area contributed by atoms with Crippen molar-refractivity contribution >= 4 is 29.2 Å². The van der Waals surface area contributed by atoms with Gasteiger partial charge in [0.05, 0.1) is 10.8 Å². The number of benzene rings is 1. The van der Waals surface area contributed by atoms with Gasteiger partial charge in [0, 0.05) is 22.8 Å². The standard InChI is InChI=1S/C18H23N5O2S2/c19-14(10-22(20)12-17(24)21-25)11-23(15-6-7-15)27-18-9-8-16(26-18)13-4-2-1-3-5-13/h1-5,8-10,15,25H,6-7,11-12,19-20H2,(H,21,24)/b14-10-. The molecule has 144 valence electrons. The van der Waals surface area contributed by atoms with E-state index in [1.54, 1.807) is 28.8 Å². The summed E-state index contributed by atoms with van der Waals surface area (Å²) in [6.45, 7) is 0.376. The first-order chi connectivity index (χ1) is 13.0. The van der Waals surface area contributed by atoms with Crippen LogP contribution >= 0.6 is 23.3 Å². The van der Waals surface area contributed by atoms with Crippen LogP contribution in [0.25, 0.3) is 10.4 Å². The molecule has 0 aliphatic heterocycles. The van der Waals surface area contributed by atoms with E-state index in [1.807, 2.05) is 18.2 Å². The predicted octanol–water partition coefficient (Wildman–Crippen LogP) is 2.37. The van der Waals surface area contributed by atoms with E-state index in [2.05, 4.69) is 28.6 Å². The maximum atomic E-state index is 11.1. The minimum atomic E-state index is -0.595. The highest BCUT2D eigenvalue weighted by Gasteiger charge is 2.30. The Bertz CT molecular complexity index is 792. The maximum absolute atomic E-state index is 11.1. The molecule has 1 heterocycles. The third-order valence-electron chi connectivity index (χ3n) is 3.92. The number of hydroxylamine groups is 1. The molecule has 1 amide bonds. The highest BCUT2D eigenvalue weighted by atomic mass is 32.2. The van der Waals surface area contributed by atoms with E-state index in [-0.39, 0.29) is 6.54 Å². The Labute approximate surface area is 166 Å². The SMILES string of the molecule is N/C(=C\N(N)CC(=O)NO)CN(Sc1ccc(-c2ccccc2)s1)C1CC1. The number of thiophene rings is 1. The molecule has 27 heavy (non-hydrogen) atoms. The van der Waals surface area contributed by atoms with Gasteiger partial charge in [0.1, 0.15) is 6.54 Å². The van der Waals surface area contributed by atoms with Crippen LogP contribution in [0.2, 0.25) is 0 Å². The normalized spacial score (nSPS) is 14.4. The molecule has 0 unspecified atom stereocenters. The van der Waals surface area contributed by atoms with Gasteiger partial charge in [0.15, 0.2) is 0 Å². The third-order valence-corrected chi connectivity index (χ3v) is 6.30. The van der Waals surface area contributed by atoms with E-state index in [0.29, 0.717) is 18.3 Å². The summed E-state index contributed by atoms with van der Waals surface area (Å²) in [4.78, 5) is 12.4. The first-order valence-electron chi connectivity index (χ1n) is 8.55. The molecule has 2 aromatic rings. The second kappa shape index (κ2) is 9.25. The van der Waals surface area contributed by atoms with E-state index in [1.165, 1.54) is 20.8 Å². The fourth-order valence-corrected chi connectivity index (χ4v) is 4.90. The summed E-state index contributed by atoms with van der Waals surface area (Å²) in [7, 11) is 0. The van der Waals surface area contributed by atoms with Crippen molar-refractivity contribution in [2.75, 3.05) is 13.1 Å². The van der Waals surface area contributed by atoms with Gasteiger partial charge in [0.25, 0.3) is 5.91 Å². The molecule has 1 saturated carbocycles. The van der Waals surface area contributed by atoms with E-state index in [0.717, 1.165) is 17.9 Å². The molecule has 0 spiro atoms.